The Morgan fingerprint density at radius 3 is 2.64 bits per heavy atom. The number of nitrogens with zero attached hydrogens (tertiary/aromatic N) is 3. The van der Waals surface area contributed by atoms with E-state index in [9.17, 15) is 4.79 Å². The maximum atomic E-state index is 12.1. The summed E-state index contributed by atoms with van der Waals surface area (Å²) in [5.41, 5.74) is 0.757. The summed E-state index contributed by atoms with van der Waals surface area (Å²) in [5.74, 6) is 0.234. The van der Waals surface area contributed by atoms with Crippen molar-refractivity contribution in [3.8, 4) is 0 Å². The molecule has 0 unspecified atom stereocenters. The summed E-state index contributed by atoms with van der Waals surface area (Å²) in [7, 11) is 1.90. The molecule has 0 saturated heterocycles. The minimum absolute atomic E-state index is 0.0707. The quantitative estimate of drug-likeness (QED) is 0.634. The first kappa shape index (κ1) is 17.8. The molecule has 1 heterocycles. The van der Waals surface area contributed by atoms with Gasteiger partial charge in [-0.15, -0.1) is 22.0 Å². The minimum Gasteiger partial charge on any atom is -0.325 e. The lowest BCUT2D eigenvalue weighted by molar-refractivity contribution is -0.113. The van der Waals surface area contributed by atoms with E-state index in [1.165, 1.54) is 23.5 Å². The van der Waals surface area contributed by atoms with Gasteiger partial charge >= 0.3 is 0 Å². The van der Waals surface area contributed by atoms with Crippen molar-refractivity contribution in [2.75, 3.05) is 11.1 Å². The second-order valence-electron chi connectivity index (χ2n) is 5.12. The largest absolute Gasteiger partial charge is 0.325 e. The monoisotopic (exact) mass is 390 g/mol. The lowest BCUT2D eigenvalue weighted by Crippen LogP contribution is -2.13. The van der Waals surface area contributed by atoms with Gasteiger partial charge in [-0.1, -0.05) is 23.7 Å². The summed E-state index contributed by atoms with van der Waals surface area (Å²) >= 11 is 9.02. The molecule has 0 fully saturated rings. The fourth-order valence-corrected chi connectivity index (χ4v) is 3.78. The van der Waals surface area contributed by atoms with Crippen molar-refractivity contribution >= 4 is 46.7 Å². The first-order valence-corrected chi connectivity index (χ1v) is 9.59. The van der Waals surface area contributed by atoms with Crippen LogP contribution in [0.5, 0.6) is 0 Å². The molecule has 0 radical (unpaired) electrons. The van der Waals surface area contributed by atoms with Gasteiger partial charge in [-0.2, -0.15) is 0 Å². The van der Waals surface area contributed by atoms with Gasteiger partial charge in [0, 0.05) is 22.5 Å². The Kier molecular flexibility index (Phi) is 6.01. The number of aryl methyl sites for hydroxylation is 1. The van der Waals surface area contributed by atoms with E-state index in [0.717, 1.165) is 20.6 Å². The molecule has 1 amide bonds. The molecule has 25 heavy (non-hydrogen) atoms. The lowest BCUT2D eigenvalue weighted by atomic mass is 10.3. The minimum atomic E-state index is -0.0707. The number of hydrogen-bond acceptors (Lipinski definition) is 5. The predicted octanol–water partition coefficient (Wildman–Crippen LogP) is 4.35. The highest BCUT2D eigenvalue weighted by molar-refractivity contribution is 8.00. The standard InChI is InChI=1S/C17H15ClN4OS2/c1-22-11-19-21-17(22)25-13-8-6-12(7-9-13)20-16(23)10-24-15-5-3-2-4-14(15)18/h2-9,11H,10H2,1H3,(H,20,23). The number of rotatable bonds is 6. The molecule has 0 aliphatic carbocycles. The van der Waals surface area contributed by atoms with Gasteiger partial charge in [-0.3, -0.25) is 4.79 Å². The fourth-order valence-electron chi connectivity index (χ4n) is 1.98. The van der Waals surface area contributed by atoms with Gasteiger partial charge in [0.25, 0.3) is 0 Å². The molecule has 3 aromatic rings. The van der Waals surface area contributed by atoms with Crippen molar-refractivity contribution in [3.63, 3.8) is 0 Å². The van der Waals surface area contributed by atoms with Crippen LogP contribution in [0, 0.1) is 0 Å². The normalized spacial score (nSPS) is 10.6. The Bertz CT molecular complexity index is 867. The van der Waals surface area contributed by atoms with Gasteiger partial charge in [0.15, 0.2) is 5.16 Å². The number of hydrogen-bond donors (Lipinski definition) is 1. The number of thioether (sulfide) groups is 1. The summed E-state index contributed by atoms with van der Waals surface area (Å²) in [6.45, 7) is 0. The molecular weight excluding hydrogens is 376 g/mol. The van der Waals surface area contributed by atoms with Crippen LogP contribution in [0.3, 0.4) is 0 Å². The average molecular weight is 391 g/mol. The molecule has 8 heteroatoms. The maximum Gasteiger partial charge on any atom is 0.234 e. The summed E-state index contributed by atoms with van der Waals surface area (Å²) in [4.78, 5) is 14.0. The van der Waals surface area contributed by atoms with Gasteiger partial charge < -0.3 is 9.88 Å². The summed E-state index contributed by atoms with van der Waals surface area (Å²) in [6.07, 6.45) is 1.66. The third-order valence-corrected chi connectivity index (χ3v) is 5.79. The van der Waals surface area contributed by atoms with E-state index in [1.807, 2.05) is 60.1 Å². The molecule has 0 saturated carbocycles. The van der Waals surface area contributed by atoms with Crippen LogP contribution >= 0.6 is 35.1 Å². The van der Waals surface area contributed by atoms with Crippen LogP contribution in [0.4, 0.5) is 5.69 Å². The van der Waals surface area contributed by atoms with E-state index in [0.29, 0.717) is 10.8 Å². The number of amides is 1. The van der Waals surface area contributed by atoms with E-state index >= 15 is 0 Å². The highest BCUT2D eigenvalue weighted by Crippen LogP contribution is 2.28. The van der Waals surface area contributed by atoms with Crippen molar-refractivity contribution < 1.29 is 4.79 Å². The van der Waals surface area contributed by atoms with E-state index in [4.69, 9.17) is 11.6 Å². The number of anilines is 1. The van der Waals surface area contributed by atoms with E-state index in [1.54, 1.807) is 6.33 Å². The van der Waals surface area contributed by atoms with Crippen molar-refractivity contribution in [1.29, 1.82) is 0 Å². The Morgan fingerprint density at radius 2 is 1.96 bits per heavy atom. The van der Waals surface area contributed by atoms with Gasteiger partial charge in [-0.25, -0.2) is 0 Å². The molecule has 3 rings (SSSR count). The molecule has 0 aliphatic heterocycles. The molecule has 0 atom stereocenters. The first-order chi connectivity index (χ1) is 12.1. The van der Waals surface area contributed by atoms with Crippen LogP contribution in [0.25, 0.3) is 0 Å². The first-order valence-electron chi connectivity index (χ1n) is 7.41. The van der Waals surface area contributed by atoms with Crippen LogP contribution in [0.15, 0.2) is 69.8 Å². The molecule has 0 bridgehead atoms. The number of nitrogens with one attached hydrogen (secondary N) is 1. The van der Waals surface area contributed by atoms with Crippen molar-refractivity contribution in [2.24, 2.45) is 7.05 Å². The van der Waals surface area contributed by atoms with Crippen LogP contribution in [0.2, 0.25) is 5.02 Å². The van der Waals surface area contributed by atoms with E-state index in [-0.39, 0.29) is 5.91 Å². The zero-order chi connectivity index (χ0) is 17.6. The predicted molar refractivity (Wildman–Crippen MR) is 102 cm³/mol. The Morgan fingerprint density at radius 1 is 1.20 bits per heavy atom. The van der Waals surface area contributed by atoms with Gasteiger partial charge in [-0.05, 0) is 48.2 Å². The van der Waals surface area contributed by atoms with Crippen LogP contribution in [-0.2, 0) is 11.8 Å². The smallest absolute Gasteiger partial charge is 0.234 e. The summed E-state index contributed by atoms with van der Waals surface area (Å²) < 4.78 is 1.85. The average Bonchev–Trinajstić information content (AvgIpc) is 3.01. The molecule has 2 aromatic carbocycles. The number of carbonyl (C=O) groups is 1. The number of halogens is 1. The third kappa shape index (κ3) is 5.01. The van der Waals surface area contributed by atoms with Gasteiger partial charge in [0.1, 0.15) is 6.33 Å². The second kappa shape index (κ2) is 8.42. The molecule has 128 valence electrons. The maximum absolute atomic E-state index is 12.1. The van der Waals surface area contributed by atoms with Crippen LogP contribution in [-0.4, -0.2) is 26.4 Å². The zero-order valence-electron chi connectivity index (χ0n) is 13.3. The highest BCUT2D eigenvalue weighted by atomic mass is 35.5. The van der Waals surface area contributed by atoms with Crippen molar-refractivity contribution in [3.05, 3.63) is 59.9 Å². The molecule has 0 spiro atoms. The number of benzene rings is 2. The SMILES string of the molecule is Cn1cnnc1Sc1ccc(NC(=O)CSc2ccccc2Cl)cc1. The molecule has 5 nitrogen and oxygen atoms in total. The van der Waals surface area contributed by atoms with Gasteiger partial charge in [0.2, 0.25) is 5.91 Å². The van der Waals surface area contributed by atoms with Gasteiger partial charge in [0.05, 0.1) is 10.8 Å². The summed E-state index contributed by atoms with van der Waals surface area (Å²) in [5, 5.41) is 12.2. The Labute approximate surface area is 159 Å². The number of carbonyl (C=O) groups excluding carboxylic acids is 1. The third-order valence-electron chi connectivity index (χ3n) is 3.21. The molecule has 0 aliphatic rings. The Hall–Kier alpha value is -1.96. The second-order valence-corrected chi connectivity index (χ2v) is 7.58. The Balaban J connectivity index is 1.53. The molecule has 1 aromatic heterocycles. The number of aromatic nitrogens is 3. The highest BCUT2D eigenvalue weighted by Gasteiger charge is 2.07. The topological polar surface area (TPSA) is 59.8 Å². The van der Waals surface area contributed by atoms with Crippen molar-refractivity contribution in [1.82, 2.24) is 14.8 Å². The van der Waals surface area contributed by atoms with Crippen molar-refractivity contribution in [2.45, 2.75) is 14.9 Å². The molecular formula is C17H15ClN4OS2. The van der Waals surface area contributed by atoms with Crippen LogP contribution < -0.4 is 5.32 Å². The van der Waals surface area contributed by atoms with E-state index in [2.05, 4.69) is 15.5 Å². The van der Waals surface area contributed by atoms with E-state index < -0.39 is 0 Å². The lowest BCUT2D eigenvalue weighted by Gasteiger charge is -2.07. The fraction of sp³-hybridized carbons (Fsp3) is 0.118. The zero-order valence-corrected chi connectivity index (χ0v) is 15.7. The summed E-state index contributed by atoms with van der Waals surface area (Å²) in [6, 6.07) is 15.1. The molecule has 1 N–H and O–H groups in total. The van der Waals surface area contributed by atoms with Crippen LogP contribution in [0.1, 0.15) is 0 Å².